The van der Waals surface area contributed by atoms with Gasteiger partial charge in [0, 0.05) is 23.7 Å². The van der Waals surface area contributed by atoms with Crippen LogP contribution in [-0.2, 0) is 0 Å². The molecule has 0 radical (unpaired) electrons. The van der Waals surface area contributed by atoms with Crippen molar-refractivity contribution in [2.75, 3.05) is 6.54 Å². The fourth-order valence-corrected chi connectivity index (χ4v) is 5.21. The van der Waals surface area contributed by atoms with Crippen LogP contribution in [0.4, 0.5) is 0 Å². The summed E-state index contributed by atoms with van der Waals surface area (Å²) in [6.07, 6.45) is 2.37. The van der Waals surface area contributed by atoms with Crippen LogP contribution >= 0.6 is 0 Å². The third-order valence-electron chi connectivity index (χ3n) is 7.14. The van der Waals surface area contributed by atoms with Gasteiger partial charge >= 0.3 is 0 Å². The molecule has 1 fully saturated rings. The van der Waals surface area contributed by atoms with Crippen molar-refractivity contribution >= 4 is 22.3 Å². The SMILES string of the molecule is CCC1CN=C(C(C)C)c2ccc(C3CC3c3ccc4cc(C(=N)N)ccc4c3)cc21. The van der Waals surface area contributed by atoms with Gasteiger partial charge in [0.2, 0.25) is 0 Å². The molecule has 3 aromatic carbocycles. The summed E-state index contributed by atoms with van der Waals surface area (Å²) in [5.41, 5.74) is 13.5. The Morgan fingerprint density at radius 3 is 2.39 bits per heavy atom. The Bertz CT molecular complexity index is 1200. The topological polar surface area (TPSA) is 62.2 Å². The molecule has 2 aliphatic rings. The molecule has 31 heavy (non-hydrogen) atoms. The predicted octanol–water partition coefficient (Wildman–Crippen LogP) is 6.35. The molecular formula is C28H31N3. The van der Waals surface area contributed by atoms with Crippen LogP contribution in [0.25, 0.3) is 10.8 Å². The molecule has 3 nitrogen and oxygen atoms in total. The molecule has 0 aromatic heterocycles. The molecule has 3 aromatic rings. The molecule has 0 spiro atoms. The van der Waals surface area contributed by atoms with E-state index in [-0.39, 0.29) is 5.84 Å². The maximum atomic E-state index is 7.65. The highest BCUT2D eigenvalue weighted by Crippen LogP contribution is 2.55. The lowest BCUT2D eigenvalue weighted by Crippen LogP contribution is -2.21. The van der Waals surface area contributed by atoms with Gasteiger partial charge in [-0.25, -0.2) is 0 Å². The minimum absolute atomic E-state index is 0.122. The monoisotopic (exact) mass is 409 g/mol. The van der Waals surface area contributed by atoms with Gasteiger partial charge in [0.1, 0.15) is 5.84 Å². The second-order valence-corrected chi connectivity index (χ2v) is 9.52. The quantitative estimate of drug-likeness (QED) is 0.374. The molecule has 3 N–H and O–H groups in total. The van der Waals surface area contributed by atoms with Crippen LogP contribution in [0.2, 0.25) is 0 Å². The van der Waals surface area contributed by atoms with Crippen LogP contribution in [0.1, 0.15) is 79.2 Å². The number of nitrogens with two attached hydrogens (primary N) is 1. The van der Waals surface area contributed by atoms with Crippen LogP contribution in [0.3, 0.4) is 0 Å². The molecule has 1 aliphatic carbocycles. The molecule has 1 aliphatic heterocycles. The van der Waals surface area contributed by atoms with E-state index >= 15 is 0 Å². The van der Waals surface area contributed by atoms with Crippen molar-refractivity contribution < 1.29 is 0 Å². The zero-order valence-electron chi connectivity index (χ0n) is 18.7. The van der Waals surface area contributed by atoms with E-state index in [0.29, 0.717) is 23.7 Å². The molecular weight excluding hydrogens is 378 g/mol. The molecule has 1 heterocycles. The van der Waals surface area contributed by atoms with Gasteiger partial charge in [-0.1, -0.05) is 69.3 Å². The van der Waals surface area contributed by atoms with Crippen molar-refractivity contribution in [2.45, 2.75) is 51.4 Å². The van der Waals surface area contributed by atoms with Gasteiger partial charge in [0.15, 0.2) is 0 Å². The summed E-state index contributed by atoms with van der Waals surface area (Å²) in [4.78, 5) is 4.92. The Kier molecular flexibility index (Phi) is 4.92. The molecule has 1 saturated carbocycles. The first-order valence-corrected chi connectivity index (χ1v) is 11.5. The Hall–Kier alpha value is -2.94. The van der Waals surface area contributed by atoms with E-state index < -0.39 is 0 Å². The number of nitrogens with zero attached hydrogens (tertiary/aromatic N) is 1. The molecule has 0 saturated heterocycles. The van der Waals surface area contributed by atoms with E-state index in [1.165, 1.54) is 39.8 Å². The van der Waals surface area contributed by atoms with Crippen molar-refractivity contribution in [2.24, 2.45) is 16.6 Å². The highest BCUT2D eigenvalue weighted by atomic mass is 14.8. The highest BCUT2D eigenvalue weighted by Gasteiger charge is 2.40. The maximum Gasteiger partial charge on any atom is 0.122 e. The molecule has 3 unspecified atom stereocenters. The van der Waals surface area contributed by atoms with Gasteiger partial charge in [0.25, 0.3) is 0 Å². The average molecular weight is 410 g/mol. The number of nitrogens with one attached hydrogen (secondary N) is 1. The van der Waals surface area contributed by atoms with Gasteiger partial charge in [-0.2, -0.15) is 0 Å². The highest BCUT2D eigenvalue weighted by molar-refractivity contribution is 6.04. The predicted molar refractivity (Wildman–Crippen MR) is 131 cm³/mol. The van der Waals surface area contributed by atoms with Gasteiger partial charge in [-0.3, -0.25) is 10.4 Å². The summed E-state index contributed by atoms with van der Waals surface area (Å²) in [6.45, 7) is 7.71. The molecule has 0 amide bonds. The Morgan fingerprint density at radius 1 is 1.00 bits per heavy atom. The number of rotatable bonds is 5. The van der Waals surface area contributed by atoms with Gasteiger partial charge in [-0.15, -0.1) is 0 Å². The standard InChI is InChI=1S/C28H31N3/c1-4-17-15-31-27(16(2)3)23-10-9-21(13-24(17)23)26-14-25(26)20-7-5-19-12-22(28(29)30)8-6-18(19)11-20/h5-13,16-17,25-26H,4,14-15H2,1-3H3,(H3,29,30). The van der Waals surface area contributed by atoms with Crippen LogP contribution in [-0.4, -0.2) is 18.1 Å². The smallest absolute Gasteiger partial charge is 0.122 e. The Morgan fingerprint density at radius 2 is 1.68 bits per heavy atom. The summed E-state index contributed by atoms with van der Waals surface area (Å²) >= 11 is 0. The first kappa shape index (κ1) is 20.0. The summed E-state index contributed by atoms with van der Waals surface area (Å²) in [5.74, 6) is 2.34. The van der Waals surface area contributed by atoms with Gasteiger partial charge < -0.3 is 5.73 Å². The van der Waals surface area contributed by atoms with E-state index in [9.17, 15) is 0 Å². The number of benzene rings is 3. The summed E-state index contributed by atoms with van der Waals surface area (Å²) < 4.78 is 0. The van der Waals surface area contributed by atoms with E-state index in [0.717, 1.165) is 23.9 Å². The zero-order chi connectivity index (χ0) is 21.7. The minimum Gasteiger partial charge on any atom is -0.384 e. The lowest BCUT2D eigenvalue weighted by atomic mass is 9.83. The number of hydrogen-bond acceptors (Lipinski definition) is 2. The van der Waals surface area contributed by atoms with Crippen molar-refractivity contribution in [3.05, 3.63) is 82.4 Å². The molecule has 3 atom stereocenters. The number of nitrogen functional groups attached to an aromatic ring is 1. The Balaban J connectivity index is 1.43. The lowest BCUT2D eigenvalue weighted by molar-refractivity contribution is 0.655. The molecule has 158 valence electrons. The van der Waals surface area contributed by atoms with Crippen LogP contribution in [0.15, 0.2) is 59.6 Å². The van der Waals surface area contributed by atoms with Crippen LogP contribution in [0.5, 0.6) is 0 Å². The maximum absolute atomic E-state index is 7.65. The molecule has 0 bridgehead atoms. The van der Waals surface area contributed by atoms with E-state index in [2.05, 4.69) is 63.2 Å². The molecule has 3 heteroatoms. The van der Waals surface area contributed by atoms with E-state index in [1.54, 1.807) is 0 Å². The van der Waals surface area contributed by atoms with Crippen LogP contribution < -0.4 is 5.73 Å². The fraction of sp³-hybridized carbons (Fsp3) is 0.357. The van der Waals surface area contributed by atoms with E-state index in [4.69, 9.17) is 16.1 Å². The second-order valence-electron chi connectivity index (χ2n) is 9.52. The number of hydrogen-bond donors (Lipinski definition) is 2. The average Bonchev–Trinajstić information content (AvgIpc) is 3.58. The summed E-state index contributed by atoms with van der Waals surface area (Å²) in [5, 5.41) is 10.0. The summed E-state index contributed by atoms with van der Waals surface area (Å²) in [6, 6.07) is 20.0. The van der Waals surface area contributed by atoms with Gasteiger partial charge in [0.05, 0.1) is 0 Å². The second kappa shape index (κ2) is 7.64. The Labute approximate surface area is 184 Å². The first-order chi connectivity index (χ1) is 15.0. The largest absolute Gasteiger partial charge is 0.384 e. The number of fused-ring (bicyclic) bond motifs is 2. The third-order valence-corrected chi connectivity index (χ3v) is 7.14. The summed E-state index contributed by atoms with van der Waals surface area (Å²) in [7, 11) is 0. The van der Waals surface area contributed by atoms with E-state index in [1.807, 2.05) is 12.1 Å². The molecule has 5 rings (SSSR count). The number of amidine groups is 1. The first-order valence-electron chi connectivity index (χ1n) is 11.5. The van der Waals surface area contributed by atoms with Gasteiger partial charge in [-0.05, 0) is 69.7 Å². The van der Waals surface area contributed by atoms with Crippen molar-refractivity contribution in [1.82, 2.24) is 0 Å². The van der Waals surface area contributed by atoms with Crippen molar-refractivity contribution in [1.29, 1.82) is 5.41 Å². The number of aliphatic imine (C=N–C) groups is 1. The van der Waals surface area contributed by atoms with Crippen molar-refractivity contribution in [3.63, 3.8) is 0 Å². The van der Waals surface area contributed by atoms with Crippen molar-refractivity contribution in [3.8, 4) is 0 Å². The minimum atomic E-state index is 0.122. The van der Waals surface area contributed by atoms with Crippen LogP contribution in [0, 0.1) is 11.3 Å². The third kappa shape index (κ3) is 3.56. The fourth-order valence-electron chi connectivity index (χ4n) is 5.21. The zero-order valence-corrected chi connectivity index (χ0v) is 18.7. The lowest BCUT2D eigenvalue weighted by Gasteiger charge is -2.26. The normalized spacial score (nSPS) is 22.3.